The van der Waals surface area contributed by atoms with Gasteiger partial charge >= 0.3 is 0 Å². The second kappa shape index (κ2) is 10.2. The Morgan fingerprint density at radius 2 is 2.04 bits per heavy atom. The van der Waals surface area contributed by atoms with Crippen molar-refractivity contribution in [3.63, 3.8) is 0 Å². The topological polar surface area (TPSA) is 130 Å². The Labute approximate surface area is 164 Å². The zero-order valence-corrected chi connectivity index (χ0v) is 16.2. The summed E-state index contributed by atoms with van der Waals surface area (Å²) in [4.78, 5) is 37.0. The van der Waals surface area contributed by atoms with Crippen LogP contribution in [0, 0.1) is 0 Å². The molecule has 0 spiro atoms. The SMILES string of the molecule is CCN(CC)C(=O)CC(=O)N=C(N)c1cccc(-c2cnc(/C=C\CN)[nH]2)c1. The lowest BCUT2D eigenvalue weighted by molar-refractivity contribution is -0.134. The fourth-order valence-electron chi connectivity index (χ4n) is 2.65. The second-order valence-corrected chi connectivity index (χ2v) is 6.03. The van der Waals surface area contributed by atoms with E-state index in [1.807, 2.05) is 32.0 Å². The summed E-state index contributed by atoms with van der Waals surface area (Å²) >= 11 is 0. The minimum atomic E-state index is -0.560. The molecule has 0 aliphatic heterocycles. The summed E-state index contributed by atoms with van der Waals surface area (Å²) in [5, 5.41) is 0. The van der Waals surface area contributed by atoms with Gasteiger partial charge in [-0.15, -0.1) is 0 Å². The van der Waals surface area contributed by atoms with Gasteiger partial charge in [0.05, 0.1) is 11.9 Å². The third-order valence-electron chi connectivity index (χ3n) is 4.14. The molecule has 28 heavy (non-hydrogen) atoms. The highest BCUT2D eigenvalue weighted by Gasteiger charge is 2.15. The average Bonchev–Trinajstić information content (AvgIpc) is 3.16. The number of rotatable bonds is 8. The van der Waals surface area contributed by atoms with Gasteiger partial charge < -0.3 is 21.4 Å². The highest BCUT2D eigenvalue weighted by atomic mass is 16.2. The van der Waals surface area contributed by atoms with Crippen LogP contribution < -0.4 is 11.5 Å². The lowest BCUT2D eigenvalue weighted by Gasteiger charge is -2.17. The van der Waals surface area contributed by atoms with Gasteiger partial charge in [0.15, 0.2) is 0 Å². The molecule has 148 valence electrons. The highest BCUT2D eigenvalue weighted by molar-refractivity contribution is 6.08. The molecular weight excluding hydrogens is 356 g/mol. The molecule has 8 nitrogen and oxygen atoms in total. The summed E-state index contributed by atoms with van der Waals surface area (Å²) in [5.74, 6) is -0.0501. The first-order chi connectivity index (χ1) is 13.5. The number of H-pyrrole nitrogens is 1. The number of nitrogens with zero attached hydrogens (tertiary/aromatic N) is 3. The molecule has 0 unspecified atom stereocenters. The average molecular weight is 382 g/mol. The van der Waals surface area contributed by atoms with Gasteiger partial charge in [-0.05, 0) is 26.0 Å². The maximum atomic E-state index is 12.1. The molecule has 2 aromatic rings. The van der Waals surface area contributed by atoms with Crippen LogP contribution in [0.15, 0.2) is 41.5 Å². The van der Waals surface area contributed by atoms with E-state index in [1.165, 1.54) is 0 Å². The molecule has 0 bridgehead atoms. The number of aromatic nitrogens is 2. The normalized spacial score (nSPS) is 11.8. The van der Waals surface area contributed by atoms with E-state index in [0.29, 0.717) is 31.0 Å². The van der Waals surface area contributed by atoms with Gasteiger partial charge in [-0.25, -0.2) is 4.98 Å². The summed E-state index contributed by atoms with van der Waals surface area (Å²) in [6.07, 6.45) is 5.01. The van der Waals surface area contributed by atoms with Gasteiger partial charge in [-0.3, -0.25) is 9.59 Å². The third-order valence-corrected chi connectivity index (χ3v) is 4.14. The van der Waals surface area contributed by atoms with E-state index >= 15 is 0 Å². The van der Waals surface area contributed by atoms with Crippen LogP contribution in [0.1, 0.15) is 31.7 Å². The zero-order chi connectivity index (χ0) is 20.5. The van der Waals surface area contributed by atoms with Crippen LogP contribution in [0.2, 0.25) is 0 Å². The Morgan fingerprint density at radius 3 is 2.71 bits per heavy atom. The number of imidazole rings is 1. The van der Waals surface area contributed by atoms with Crippen molar-refractivity contribution in [3.8, 4) is 11.3 Å². The number of carbonyl (C=O) groups is 2. The minimum Gasteiger partial charge on any atom is -0.383 e. The molecule has 0 aliphatic rings. The lowest BCUT2D eigenvalue weighted by atomic mass is 10.1. The van der Waals surface area contributed by atoms with E-state index in [0.717, 1.165) is 11.3 Å². The van der Waals surface area contributed by atoms with Gasteiger partial charge in [-0.1, -0.05) is 24.3 Å². The fourth-order valence-corrected chi connectivity index (χ4v) is 2.65. The van der Waals surface area contributed by atoms with Crippen molar-refractivity contribution in [1.82, 2.24) is 14.9 Å². The quantitative estimate of drug-likeness (QED) is 0.362. The van der Waals surface area contributed by atoms with Crippen LogP contribution in [0.25, 0.3) is 17.3 Å². The van der Waals surface area contributed by atoms with E-state index in [-0.39, 0.29) is 18.2 Å². The van der Waals surface area contributed by atoms with E-state index in [1.54, 1.807) is 29.3 Å². The number of hydrogen-bond acceptors (Lipinski definition) is 4. The Bertz CT molecular complexity index is 880. The Kier molecular flexibility index (Phi) is 7.65. The molecule has 0 fully saturated rings. The first kappa shape index (κ1) is 21.0. The van der Waals surface area contributed by atoms with Crippen LogP contribution in [0.4, 0.5) is 0 Å². The van der Waals surface area contributed by atoms with Crippen molar-refractivity contribution >= 4 is 23.7 Å². The molecule has 1 aromatic carbocycles. The van der Waals surface area contributed by atoms with Crippen LogP contribution in [0.5, 0.6) is 0 Å². The van der Waals surface area contributed by atoms with Crippen LogP contribution in [-0.4, -0.2) is 52.2 Å². The molecular formula is C20H26N6O2. The number of hydrogen-bond donors (Lipinski definition) is 3. The summed E-state index contributed by atoms with van der Waals surface area (Å²) in [5.41, 5.74) is 13.7. The van der Waals surface area contributed by atoms with Crippen LogP contribution in [0.3, 0.4) is 0 Å². The number of aromatic amines is 1. The lowest BCUT2D eigenvalue weighted by Crippen LogP contribution is -2.32. The molecule has 5 N–H and O–H groups in total. The van der Waals surface area contributed by atoms with Gasteiger partial charge in [0.25, 0.3) is 5.91 Å². The van der Waals surface area contributed by atoms with E-state index < -0.39 is 5.91 Å². The standard InChI is InChI=1S/C20H26N6O2/c1-3-26(4-2)19(28)12-18(27)25-20(22)15-8-5-7-14(11-15)16-13-23-17(24-16)9-6-10-21/h5-9,11,13H,3-4,10,12,21H2,1-2H3,(H,23,24)(H2,22,25,27)/b9-6-. The number of carbonyl (C=O) groups excluding carboxylic acids is 2. The van der Waals surface area contributed by atoms with Crippen LogP contribution >= 0.6 is 0 Å². The van der Waals surface area contributed by atoms with Gasteiger partial charge in [0, 0.05) is 30.8 Å². The first-order valence-electron chi connectivity index (χ1n) is 9.15. The van der Waals surface area contributed by atoms with Crippen molar-refractivity contribution in [2.45, 2.75) is 20.3 Å². The van der Waals surface area contributed by atoms with Crippen molar-refractivity contribution < 1.29 is 9.59 Å². The monoisotopic (exact) mass is 382 g/mol. The van der Waals surface area contributed by atoms with E-state index in [2.05, 4.69) is 15.0 Å². The molecule has 2 amide bonds. The van der Waals surface area contributed by atoms with Crippen molar-refractivity contribution in [2.24, 2.45) is 16.5 Å². The summed E-state index contributed by atoms with van der Waals surface area (Å²) in [6.45, 7) is 5.26. The summed E-state index contributed by atoms with van der Waals surface area (Å²) in [7, 11) is 0. The van der Waals surface area contributed by atoms with E-state index in [9.17, 15) is 9.59 Å². The van der Waals surface area contributed by atoms with Crippen molar-refractivity contribution in [1.29, 1.82) is 0 Å². The van der Waals surface area contributed by atoms with Gasteiger partial charge in [-0.2, -0.15) is 4.99 Å². The first-order valence-corrected chi connectivity index (χ1v) is 9.15. The smallest absolute Gasteiger partial charge is 0.257 e. The highest BCUT2D eigenvalue weighted by Crippen LogP contribution is 2.19. The predicted octanol–water partition coefficient (Wildman–Crippen LogP) is 1.54. The molecule has 0 saturated carbocycles. The molecule has 0 radical (unpaired) electrons. The minimum absolute atomic E-state index is 0.0713. The molecule has 1 aromatic heterocycles. The van der Waals surface area contributed by atoms with E-state index in [4.69, 9.17) is 11.5 Å². The number of nitrogens with two attached hydrogens (primary N) is 2. The molecule has 0 saturated heterocycles. The van der Waals surface area contributed by atoms with Gasteiger partial charge in [0.1, 0.15) is 18.1 Å². The zero-order valence-electron chi connectivity index (χ0n) is 16.2. The molecule has 8 heteroatoms. The third kappa shape index (κ3) is 5.62. The number of aliphatic imine (C=N–C) groups is 1. The molecule has 2 rings (SSSR count). The van der Waals surface area contributed by atoms with Crippen molar-refractivity contribution in [2.75, 3.05) is 19.6 Å². The summed E-state index contributed by atoms with van der Waals surface area (Å²) in [6, 6.07) is 7.27. The van der Waals surface area contributed by atoms with Crippen LogP contribution in [-0.2, 0) is 9.59 Å². The number of nitrogens with one attached hydrogen (secondary N) is 1. The van der Waals surface area contributed by atoms with Crippen molar-refractivity contribution in [3.05, 3.63) is 47.9 Å². The number of amides is 2. The predicted molar refractivity (Wildman–Crippen MR) is 110 cm³/mol. The Balaban J connectivity index is 2.15. The number of benzene rings is 1. The maximum absolute atomic E-state index is 12.1. The Morgan fingerprint density at radius 1 is 1.29 bits per heavy atom. The van der Waals surface area contributed by atoms with Gasteiger partial charge in [0.2, 0.25) is 5.91 Å². The summed E-state index contributed by atoms with van der Waals surface area (Å²) < 4.78 is 0. The molecule has 1 heterocycles. The molecule has 0 atom stereocenters. The molecule has 0 aliphatic carbocycles. The fraction of sp³-hybridized carbons (Fsp3) is 0.300. The maximum Gasteiger partial charge on any atom is 0.257 e. The second-order valence-electron chi connectivity index (χ2n) is 6.03. The largest absolute Gasteiger partial charge is 0.383 e. The number of amidine groups is 1. The Hall–Kier alpha value is -3.26.